The Hall–Kier alpha value is -0.570. The summed E-state index contributed by atoms with van der Waals surface area (Å²) in [5.41, 5.74) is 5.39. The number of hydrogen-bond acceptors (Lipinski definition) is 2. The molecule has 1 amide bonds. The molecule has 0 aromatic rings. The number of rotatable bonds is 2. The van der Waals surface area contributed by atoms with Crippen LogP contribution in [-0.2, 0) is 4.79 Å². The Bertz CT molecular complexity index is 224. The molecule has 1 aliphatic heterocycles. The monoisotopic (exact) mass is 210 g/mol. The number of hydrogen-bond donors (Lipinski definition) is 1. The molecule has 1 atom stereocenters. The molecule has 0 aromatic heterocycles. The molecule has 2 fully saturated rings. The third kappa shape index (κ3) is 2.71. The van der Waals surface area contributed by atoms with Gasteiger partial charge in [-0.1, -0.05) is 19.3 Å². The minimum absolute atomic E-state index is 0.101. The minimum Gasteiger partial charge on any atom is -0.369 e. The quantitative estimate of drug-likeness (QED) is 0.751. The van der Waals surface area contributed by atoms with Crippen LogP contribution in [0.2, 0.25) is 0 Å². The number of carbonyl (C=O) groups is 1. The van der Waals surface area contributed by atoms with E-state index < -0.39 is 0 Å². The van der Waals surface area contributed by atoms with Crippen molar-refractivity contribution in [1.29, 1.82) is 0 Å². The van der Waals surface area contributed by atoms with E-state index in [1.807, 2.05) is 0 Å². The molecule has 1 aliphatic carbocycles. The van der Waals surface area contributed by atoms with Crippen molar-refractivity contribution in [3.8, 4) is 0 Å². The third-order valence-corrected chi connectivity index (χ3v) is 3.95. The molecule has 1 heterocycles. The lowest BCUT2D eigenvalue weighted by atomic mass is 9.90. The first-order chi connectivity index (χ1) is 7.27. The molecule has 2 rings (SSSR count). The molecule has 0 radical (unpaired) electrons. The first kappa shape index (κ1) is 10.9. The fourth-order valence-electron chi connectivity index (χ4n) is 3.02. The molecule has 86 valence electrons. The van der Waals surface area contributed by atoms with Crippen LogP contribution in [-0.4, -0.2) is 29.9 Å². The number of likely N-dealkylation sites (tertiary alicyclic amines) is 1. The average molecular weight is 210 g/mol. The normalized spacial score (nSPS) is 30.3. The van der Waals surface area contributed by atoms with Crippen molar-refractivity contribution in [2.24, 2.45) is 11.7 Å². The van der Waals surface area contributed by atoms with Crippen LogP contribution < -0.4 is 5.73 Å². The zero-order chi connectivity index (χ0) is 10.7. The van der Waals surface area contributed by atoms with E-state index >= 15 is 0 Å². The summed E-state index contributed by atoms with van der Waals surface area (Å²) in [5, 5.41) is 0. The predicted octanol–water partition coefficient (Wildman–Crippen LogP) is 1.52. The molecule has 15 heavy (non-hydrogen) atoms. The van der Waals surface area contributed by atoms with E-state index in [0.717, 1.165) is 25.4 Å². The van der Waals surface area contributed by atoms with E-state index in [9.17, 15) is 4.79 Å². The van der Waals surface area contributed by atoms with Gasteiger partial charge in [0.1, 0.15) is 0 Å². The highest BCUT2D eigenvalue weighted by Crippen LogP contribution is 2.26. The molecular formula is C12H22N2O. The smallest absolute Gasteiger partial charge is 0.221 e. The van der Waals surface area contributed by atoms with Crippen molar-refractivity contribution >= 4 is 5.91 Å². The molecule has 0 spiro atoms. The van der Waals surface area contributed by atoms with E-state index in [1.54, 1.807) is 0 Å². The van der Waals surface area contributed by atoms with E-state index in [0.29, 0.717) is 0 Å². The second kappa shape index (κ2) is 4.97. The Morgan fingerprint density at radius 1 is 1.07 bits per heavy atom. The van der Waals surface area contributed by atoms with Gasteiger partial charge in [0.25, 0.3) is 0 Å². The average Bonchev–Trinajstić information content (AvgIpc) is 2.30. The minimum atomic E-state index is -0.101. The van der Waals surface area contributed by atoms with Gasteiger partial charge in [0, 0.05) is 12.6 Å². The van der Waals surface area contributed by atoms with Crippen LogP contribution in [0, 0.1) is 5.92 Å². The van der Waals surface area contributed by atoms with Gasteiger partial charge < -0.3 is 5.73 Å². The van der Waals surface area contributed by atoms with Crippen molar-refractivity contribution in [3.63, 3.8) is 0 Å². The van der Waals surface area contributed by atoms with Gasteiger partial charge in [0.2, 0.25) is 5.91 Å². The van der Waals surface area contributed by atoms with Crippen molar-refractivity contribution in [1.82, 2.24) is 4.90 Å². The van der Waals surface area contributed by atoms with Crippen LogP contribution >= 0.6 is 0 Å². The van der Waals surface area contributed by atoms with Gasteiger partial charge in [-0.25, -0.2) is 0 Å². The van der Waals surface area contributed by atoms with E-state index in [-0.39, 0.29) is 11.8 Å². The molecule has 0 aromatic carbocycles. The summed E-state index contributed by atoms with van der Waals surface area (Å²) < 4.78 is 0. The Morgan fingerprint density at radius 2 is 1.80 bits per heavy atom. The van der Waals surface area contributed by atoms with Gasteiger partial charge in [0.05, 0.1) is 5.92 Å². The Morgan fingerprint density at radius 3 is 2.47 bits per heavy atom. The number of nitrogens with two attached hydrogens (primary N) is 1. The molecule has 1 saturated heterocycles. The first-order valence-electron chi connectivity index (χ1n) is 6.31. The van der Waals surface area contributed by atoms with Crippen LogP contribution in [0.3, 0.4) is 0 Å². The maximum atomic E-state index is 11.2. The second-order valence-electron chi connectivity index (χ2n) is 5.03. The SMILES string of the molecule is NC(=O)[C@H]1CCCN(C2CCCCC2)C1. The van der Waals surface area contributed by atoms with Gasteiger partial charge in [-0.2, -0.15) is 0 Å². The molecule has 0 unspecified atom stereocenters. The Labute approximate surface area is 92.0 Å². The van der Waals surface area contributed by atoms with E-state index in [2.05, 4.69) is 4.90 Å². The number of nitrogens with zero attached hydrogens (tertiary/aromatic N) is 1. The molecule has 2 aliphatic rings. The lowest BCUT2D eigenvalue weighted by Gasteiger charge is -2.39. The van der Waals surface area contributed by atoms with Crippen LogP contribution in [0.5, 0.6) is 0 Å². The number of primary amides is 1. The zero-order valence-corrected chi connectivity index (χ0v) is 9.45. The summed E-state index contributed by atoms with van der Waals surface area (Å²) in [6, 6.07) is 0.737. The lowest BCUT2D eigenvalue weighted by Crippen LogP contribution is -2.46. The molecule has 0 bridgehead atoms. The summed E-state index contributed by atoms with van der Waals surface area (Å²) >= 11 is 0. The summed E-state index contributed by atoms with van der Waals surface area (Å²) in [7, 11) is 0. The topological polar surface area (TPSA) is 46.3 Å². The largest absolute Gasteiger partial charge is 0.369 e. The summed E-state index contributed by atoms with van der Waals surface area (Å²) in [5.74, 6) is 0.0104. The van der Waals surface area contributed by atoms with Gasteiger partial charge >= 0.3 is 0 Å². The Kier molecular flexibility index (Phi) is 3.62. The van der Waals surface area contributed by atoms with Crippen LogP contribution in [0.25, 0.3) is 0 Å². The maximum absolute atomic E-state index is 11.2. The Balaban J connectivity index is 1.88. The third-order valence-electron chi connectivity index (χ3n) is 3.95. The fourth-order valence-corrected chi connectivity index (χ4v) is 3.02. The summed E-state index contributed by atoms with van der Waals surface area (Å²) in [6.45, 7) is 2.09. The van der Waals surface area contributed by atoms with Crippen molar-refractivity contribution in [2.75, 3.05) is 13.1 Å². The van der Waals surface area contributed by atoms with Gasteiger partial charge in [0.15, 0.2) is 0 Å². The van der Waals surface area contributed by atoms with Gasteiger partial charge in [-0.3, -0.25) is 9.69 Å². The highest BCUT2D eigenvalue weighted by atomic mass is 16.1. The van der Waals surface area contributed by atoms with Gasteiger partial charge in [-0.15, -0.1) is 0 Å². The summed E-state index contributed by atoms with van der Waals surface area (Å²) in [4.78, 5) is 13.7. The first-order valence-corrected chi connectivity index (χ1v) is 6.31. The van der Waals surface area contributed by atoms with E-state index in [4.69, 9.17) is 5.73 Å². The lowest BCUT2D eigenvalue weighted by molar-refractivity contribution is -0.123. The summed E-state index contributed by atoms with van der Waals surface area (Å²) in [6.07, 6.45) is 8.91. The predicted molar refractivity (Wildman–Crippen MR) is 60.4 cm³/mol. The van der Waals surface area contributed by atoms with Crippen molar-refractivity contribution in [3.05, 3.63) is 0 Å². The molecule has 2 N–H and O–H groups in total. The molecule has 1 saturated carbocycles. The van der Waals surface area contributed by atoms with Gasteiger partial charge in [-0.05, 0) is 32.2 Å². The standard InChI is InChI=1S/C12H22N2O/c13-12(15)10-5-4-8-14(9-10)11-6-2-1-3-7-11/h10-11H,1-9H2,(H2,13,15)/t10-/m0/s1. The highest BCUT2D eigenvalue weighted by Gasteiger charge is 2.29. The number of amides is 1. The maximum Gasteiger partial charge on any atom is 0.221 e. The fraction of sp³-hybridized carbons (Fsp3) is 0.917. The highest BCUT2D eigenvalue weighted by molar-refractivity contribution is 5.76. The zero-order valence-electron chi connectivity index (χ0n) is 9.45. The van der Waals surface area contributed by atoms with Crippen molar-refractivity contribution in [2.45, 2.75) is 51.0 Å². The van der Waals surface area contributed by atoms with Crippen LogP contribution in [0.4, 0.5) is 0 Å². The second-order valence-corrected chi connectivity index (χ2v) is 5.03. The number of carbonyl (C=O) groups excluding carboxylic acids is 1. The van der Waals surface area contributed by atoms with Crippen LogP contribution in [0.1, 0.15) is 44.9 Å². The number of piperidine rings is 1. The van der Waals surface area contributed by atoms with E-state index in [1.165, 1.54) is 38.6 Å². The van der Waals surface area contributed by atoms with Crippen molar-refractivity contribution < 1.29 is 4.79 Å². The molecule has 3 nitrogen and oxygen atoms in total. The molecular weight excluding hydrogens is 188 g/mol. The van der Waals surface area contributed by atoms with Crippen LogP contribution in [0.15, 0.2) is 0 Å². The molecule has 3 heteroatoms.